The summed E-state index contributed by atoms with van der Waals surface area (Å²) in [5.74, 6) is 1.67. The van der Waals surface area contributed by atoms with E-state index in [0.717, 1.165) is 24.9 Å². The van der Waals surface area contributed by atoms with Crippen LogP contribution in [0.3, 0.4) is 0 Å². The van der Waals surface area contributed by atoms with Crippen molar-refractivity contribution in [3.05, 3.63) is 0 Å². The van der Waals surface area contributed by atoms with Crippen molar-refractivity contribution in [3.63, 3.8) is 0 Å². The van der Waals surface area contributed by atoms with Crippen molar-refractivity contribution in [2.45, 2.75) is 52.1 Å². The van der Waals surface area contributed by atoms with E-state index in [9.17, 15) is 4.79 Å². The maximum atomic E-state index is 11.1. The molecule has 1 amide bonds. The summed E-state index contributed by atoms with van der Waals surface area (Å²) >= 11 is 0. The van der Waals surface area contributed by atoms with Crippen LogP contribution in [0.15, 0.2) is 0 Å². The van der Waals surface area contributed by atoms with Gasteiger partial charge in [-0.05, 0) is 31.1 Å². The molecule has 1 heterocycles. The van der Waals surface area contributed by atoms with Crippen LogP contribution in [0.5, 0.6) is 0 Å². The molecule has 1 saturated heterocycles. The Morgan fingerprint density at radius 2 is 2.00 bits per heavy atom. The van der Waals surface area contributed by atoms with Gasteiger partial charge in [0.25, 0.3) is 0 Å². The molecule has 0 bridgehead atoms. The fourth-order valence-electron chi connectivity index (χ4n) is 3.25. The molecule has 2 aliphatic rings. The fraction of sp³-hybridized carbons (Fsp3) is 0.923. The lowest BCUT2D eigenvalue weighted by Crippen LogP contribution is -2.56. The first-order valence-corrected chi connectivity index (χ1v) is 6.57. The van der Waals surface area contributed by atoms with Crippen molar-refractivity contribution in [2.24, 2.45) is 11.8 Å². The molecular formula is C13H24N2O. The average Bonchev–Trinajstić information content (AvgIpc) is 2.13. The zero-order valence-corrected chi connectivity index (χ0v) is 10.7. The molecule has 2 fully saturated rings. The number of carbonyl (C=O) groups is 1. The van der Waals surface area contributed by atoms with Crippen molar-refractivity contribution < 1.29 is 4.79 Å². The topological polar surface area (TPSA) is 32.3 Å². The molecule has 4 atom stereocenters. The van der Waals surface area contributed by atoms with E-state index in [1.807, 2.05) is 0 Å². The van der Waals surface area contributed by atoms with E-state index in [1.165, 1.54) is 19.4 Å². The van der Waals surface area contributed by atoms with E-state index >= 15 is 0 Å². The van der Waals surface area contributed by atoms with Gasteiger partial charge < -0.3 is 5.32 Å². The molecule has 0 spiro atoms. The molecule has 16 heavy (non-hydrogen) atoms. The van der Waals surface area contributed by atoms with Gasteiger partial charge in [0.15, 0.2) is 0 Å². The Kier molecular flexibility index (Phi) is 3.53. The monoisotopic (exact) mass is 224 g/mol. The molecule has 3 heteroatoms. The van der Waals surface area contributed by atoms with Gasteiger partial charge in [0.05, 0.1) is 0 Å². The quantitative estimate of drug-likeness (QED) is 0.773. The van der Waals surface area contributed by atoms with Crippen molar-refractivity contribution in [2.75, 3.05) is 13.1 Å². The minimum Gasteiger partial charge on any atom is -0.352 e. The van der Waals surface area contributed by atoms with Crippen LogP contribution >= 0.6 is 0 Å². The SMILES string of the molecule is CC(=O)NC1CC(C)CN(C2CCC2C)C1. The minimum atomic E-state index is 0.112. The van der Waals surface area contributed by atoms with E-state index < -0.39 is 0 Å². The molecule has 0 aromatic rings. The molecule has 4 unspecified atom stereocenters. The van der Waals surface area contributed by atoms with Crippen LogP contribution in [0.2, 0.25) is 0 Å². The third kappa shape index (κ3) is 2.57. The third-order valence-corrected chi connectivity index (χ3v) is 4.14. The van der Waals surface area contributed by atoms with Gasteiger partial charge in [0.2, 0.25) is 5.91 Å². The second-order valence-electron chi connectivity index (χ2n) is 5.81. The molecule has 1 aliphatic heterocycles. The lowest BCUT2D eigenvalue weighted by atomic mass is 9.78. The number of nitrogens with one attached hydrogen (secondary N) is 1. The van der Waals surface area contributed by atoms with Crippen LogP contribution < -0.4 is 5.32 Å². The molecule has 0 aromatic carbocycles. The standard InChI is InChI=1S/C13H24N2O/c1-9-6-12(14-11(3)16)8-15(7-9)13-5-4-10(13)2/h9-10,12-13H,4-8H2,1-3H3,(H,14,16). The van der Waals surface area contributed by atoms with E-state index in [1.54, 1.807) is 6.92 Å². The van der Waals surface area contributed by atoms with Gasteiger partial charge in [-0.2, -0.15) is 0 Å². The van der Waals surface area contributed by atoms with Crippen molar-refractivity contribution in [1.82, 2.24) is 10.2 Å². The van der Waals surface area contributed by atoms with Gasteiger partial charge in [0.1, 0.15) is 0 Å². The summed E-state index contributed by atoms with van der Waals surface area (Å²) in [6.45, 7) is 8.53. The van der Waals surface area contributed by atoms with Crippen LogP contribution in [0.25, 0.3) is 0 Å². The number of likely N-dealkylation sites (tertiary alicyclic amines) is 1. The summed E-state index contributed by atoms with van der Waals surface area (Å²) in [4.78, 5) is 13.7. The van der Waals surface area contributed by atoms with Crippen LogP contribution in [0.1, 0.15) is 40.0 Å². The summed E-state index contributed by atoms with van der Waals surface area (Å²) in [5, 5.41) is 3.08. The first-order chi connectivity index (χ1) is 7.56. The highest BCUT2D eigenvalue weighted by molar-refractivity contribution is 5.73. The Hall–Kier alpha value is -0.570. The minimum absolute atomic E-state index is 0.112. The predicted octanol–water partition coefficient (Wildman–Crippen LogP) is 1.63. The van der Waals surface area contributed by atoms with E-state index in [-0.39, 0.29) is 5.91 Å². The van der Waals surface area contributed by atoms with Crippen LogP contribution in [0, 0.1) is 11.8 Å². The van der Waals surface area contributed by atoms with Crippen molar-refractivity contribution >= 4 is 5.91 Å². The van der Waals surface area contributed by atoms with Gasteiger partial charge in [0, 0.05) is 32.1 Å². The van der Waals surface area contributed by atoms with E-state index in [4.69, 9.17) is 0 Å². The molecule has 1 N–H and O–H groups in total. The Bertz CT molecular complexity index is 267. The maximum Gasteiger partial charge on any atom is 0.217 e. The Balaban J connectivity index is 1.91. The zero-order valence-electron chi connectivity index (χ0n) is 10.7. The van der Waals surface area contributed by atoms with Crippen molar-refractivity contribution in [3.8, 4) is 0 Å². The summed E-state index contributed by atoms with van der Waals surface area (Å²) < 4.78 is 0. The van der Waals surface area contributed by atoms with Gasteiger partial charge in [-0.15, -0.1) is 0 Å². The lowest BCUT2D eigenvalue weighted by Gasteiger charge is -2.48. The largest absolute Gasteiger partial charge is 0.352 e. The highest BCUT2D eigenvalue weighted by Crippen LogP contribution is 2.34. The molecule has 1 saturated carbocycles. The number of carbonyl (C=O) groups excluding carboxylic acids is 1. The molecule has 1 aliphatic carbocycles. The van der Waals surface area contributed by atoms with Gasteiger partial charge >= 0.3 is 0 Å². The van der Waals surface area contributed by atoms with Crippen molar-refractivity contribution in [1.29, 1.82) is 0 Å². The Morgan fingerprint density at radius 3 is 2.50 bits per heavy atom. The summed E-state index contributed by atoms with van der Waals surface area (Å²) in [5.41, 5.74) is 0. The molecule has 3 nitrogen and oxygen atoms in total. The van der Waals surface area contributed by atoms with Crippen LogP contribution in [-0.2, 0) is 4.79 Å². The predicted molar refractivity (Wildman–Crippen MR) is 65.1 cm³/mol. The Morgan fingerprint density at radius 1 is 1.25 bits per heavy atom. The summed E-state index contributed by atoms with van der Waals surface area (Å²) in [7, 11) is 0. The zero-order chi connectivity index (χ0) is 11.7. The normalized spacial score (nSPS) is 40.2. The molecular weight excluding hydrogens is 200 g/mol. The number of amides is 1. The molecule has 2 rings (SSSR count). The first kappa shape index (κ1) is 11.9. The Labute approximate surface area is 98.6 Å². The van der Waals surface area contributed by atoms with E-state index in [2.05, 4.69) is 24.1 Å². The highest BCUT2D eigenvalue weighted by Gasteiger charge is 2.36. The number of rotatable bonds is 2. The second kappa shape index (κ2) is 4.74. The van der Waals surface area contributed by atoms with Crippen LogP contribution in [0.4, 0.5) is 0 Å². The summed E-state index contributed by atoms with van der Waals surface area (Å²) in [6.07, 6.45) is 3.86. The number of piperidine rings is 1. The third-order valence-electron chi connectivity index (χ3n) is 4.14. The smallest absolute Gasteiger partial charge is 0.217 e. The van der Waals surface area contributed by atoms with Crippen LogP contribution in [-0.4, -0.2) is 36.0 Å². The highest BCUT2D eigenvalue weighted by atomic mass is 16.1. The lowest BCUT2D eigenvalue weighted by molar-refractivity contribution is -0.120. The van der Waals surface area contributed by atoms with Gasteiger partial charge in [-0.1, -0.05) is 13.8 Å². The first-order valence-electron chi connectivity index (χ1n) is 6.57. The maximum absolute atomic E-state index is 11.1. The number of hydrogen-bond donors (Lipinski definition) is 1. The average molecular weight is 224 g/mol. The second-order valence-corrected chi connectivity index (χ2v) is 5.81. The number of nitrogens with zero attached hydrogens (tertiary/aromatic N) is 1. The summed E-state index contributed by atoms with van der Waals surface area (Å²) in [6, 6.07) is 1.15. The van der Waals surface area contributed by atoms with Gasteiger partial charge in [-0.3, -0.25) is 9.69 Å². The number of hydrogen-bond acceptors (Lipinski definition) is 2. The van der Waals surface area contributed by atoms with E-state index in [0.29, 0.717) is 12.0 Å². The molecule has 92 valence electrons. The van der Waals surface area contributed by atoms with Gasteiger partial charge in [-0.25, -0.2) is 0 Å². The fourth-order valence-corrected chi connectivity index (χ4v) is 3.25. The molecule has 0 aromatic heterocycles. The molecule has 0 radical (unpaired) electrons.